The molecule has 0 aliphatic carbocycles. The van der Waals surface area contributed by atoms with Crippen molar-refractivity contribution in [2.75, 3.05) is 13.1 Å². The highest BCUT2D eigenvalue weighted by Crippen LogP contribution is 2.30. The summed E-state index contributed by atoms with van der Waals surface area (Å²) in [5.41, 5.74) is 1.38. The van der Waals surface area contributed by atoms with E-state index in [0.717, 1.165) is 11.3 Å². The van der Waals surface area contributed by atoms with Crippen LogP contribution in [0.2, 0.25) is 0 Å². The standard InChI is InChI=1S/C15H19N3O3/c1-15(2,3)20-14(19)18-8-11-12(9-18)21-17-13(11)10-4-6-16-7-5-10/h4-7,11-12H,8-9H2,1-3H3. The first-order valence-corrected chi connectivity index (χ1v) is 7.06. The molecule has 112 valence electrons. The number of ether oxygens (including phenoxy) is 1. The van der Waals surface area contributed by atoms with Gasteiger partial charge in [0.25, 0.3) is 0 Å². The second-order valence-corrected chi connectivity index (χ2v) is 6.35. The van der Waals surface area contributed by atoms with Crippen LogP contribution in [0.1, 0.15) is 26.3 Å². The van der Waals surface area contributed by atoms with Gasteiger partial charge in [-0.05, 0) is 32.9 Å². The molecule has 1 saturated heterocycles. The quantitative estimate of drug-likeness (QED) is 0.793. The van der Waals surface area contributed by atoms with Crippen molar-refractivity contribution >= 4 is 11.8 Å². The molecule has 3 rings (SSSR count). The van der Waals surface area contributed by atoms with Gasteiger partial charge < -0.3 is 14.5 Å². The Balaban J connectivity index is 1.70. The lowest BCUT2D eigenvalue weighted by molar-refractivity contribution is 0.0228. The molecule has 2 aliphatic heterocycles. The molecule has 1 amide bonds. The van der Waals surface area contributed by atoms with Gasteiger partial charge in [0.05, 0.1) is 18.2 Å². The van der Waals surface area contributed by atoms with Gasteiger partial charge in [-0.15, -0.1) is 0 Å². The summed E-state index contributed by atoms with van der Waals surface area (Å²) >= 11 is 0. The molecule has 1 aromatic rings. The van der Waals surface area contributed by atoms with E-state index in [1.807, 2.05) is 32.9 Å². The zero-order valence-corrected chi connectivity index (χ0v) is 12.4. The molecule has 0 N–H and O–H groups in total. The van der Waals surface area contributed by atoms with Crippen molar-refractivity contribution in [3.8, 4) is 0 Å². The van der Waals surface area contributed by atoms with Gasteiger partial charge >= 0.3 is 6.09 Å². The third-order valence-electron chi connectivity index (χ3n) is 3.53. The number of pyridine rings is 1. The highest BCUT2D eigenvalue weighted by atomic mass is 16.6. The maximum Gasteiger partial charge on any atom is 0.410 e. The number of rotatable bonds is 1. The molecule has 0 spiro atoms. The van der Waals surface area contributed by atoms with Crippen LogP contribution in [0.25, 0.3) is 0 Å². The van der Waals surface area contributed by atoms with Crippen molar-refractivity contribution in [1.29, 1.82) is 0 Å². The van der Waals surface area contributed by atoms with E-state index in [4.69, 9.17) is 9.57 Å². The second kappa shape index (κ2) is 5.02. The van der Waals surface area contributed by atoms with Crippen LogP contribution < -0.4 is 0 Å². The lowest BCUT2D eigenvalue weighted by Crippen LogP contribution is -2.36. The summed E-state index contributed by atoms with van der Waals surface area (Å²) in [4.78, 5) is 23.3. The third-order valence-corrected chi connectivity index (χ3v) is 3.53. The van der Waals surface area contributed by atoms with E-state index in [1.54, 1.807) is 17.3 Å². The van der Waals surface area contributed by atoms with Crippen molar-refractivity contribution in [3.05, 3.63) is 30.1 Å². The maximum absolute atomic E-state index is 12.1. The molecule has 2 unspecified atom stereocenters. The number of oxime groups is 1. The van der Waals surface area contributed by atoms with Crippen LogP contribution in [0, 0.1) is 5.92 Å². The highest BCUT2D eigenvalue weighted by Gasteiger charge is 2.45. The fourth-order valence-corrected chi connectivity index (χ4v) is 2.60. The molecule has 1 fully saturated rings. The van der Waals surface area contributed by atoms with E-state index in [9.17, 15) is 4.79 Å². The summed E-state index contributed by atoms with van der Waals surface area (Å²) in [7, 11) is 0. The lowest BCUT2D eigenvalue weighted by Gasteiger charge is -2.24. The Labute approximate surface area is 123 Å². The number of fused-ring (bicyclic) bond motifs is 1. The lowest BCUT2D eigenvalue weighted by atomic mass is 9.96. The Bertz CT molecular complexity index is 565. The van der Waals surface area contributed by atoms with E-state index in [0.29, 0.717) is 13.1 Å². The van der Waals surface area contributed by atoms with Gasteiger partial charge in [0.15, 0.2) is 6.10 Å². The number of hydrogen-bond donors (Lipinski definition) is 0. The Morgan fingerprint density at radius 1 is 1.33 bits per heavy atom. The molecule has 0 radical (unpaired) electrons. The molecule has 6 nitrogen and oxygen atoms in total. The molecule has 2 atom stereocenters. The zero-order valence-electron chi connectivity index (χ0n) is 12.4. The van der Waals surface area contributed by atoms with Gasteiger partial charge in [0.2, 0.25) is 0 Å². The fraction of sp³-hybridized carbons (Fsp3) is 0.533. The molecule has 0 aromatic carbocycles. The minimum absolute atomic E-state index is 0.0827. The van der Waals surface area contributed by atoms with Crippen molar-refractivity contribution in [1.82, 2.24) is 9.88 Å². The van der Waals surface area contributed by atoms with Crippen LogP contribution in [-0.2, 0) is 9.57 Å². The molecular formula is C15H19N3O3. The van der Waals surface area contributed by atoms with Gasteiger partial charge in [0.1, 0.15) is 5.60 Å². The first-order valence-electron chi connectivity index (χ1n) is 7.06. The van der Waals surface area contributed by atoms with Gasteiger partial charge in [-0.3, -0.25) is 4.98 Å². The number of carbonyl (C=O) groups is 1. The average Bonchev–Trinajstić information content (AvgIpc) is 2.97. The summed E-state index contributed by atoms with van der Waals surface area (Å²) in [6, 6.07) is 3.81. The summed E-state index contributed by atoms with van der Waals surface area (Å²) in [6.45, 7) is 6.67. The van der Waals surface area contributed by atoms with Crippen molar-refractivity contribution in [3.63, 3.8) is 0 Å². The average molecular weight is 289 g/mol. The molecule has 0 bridgehead atoms. The molecule has 2 aliphatic rings. The minimum Gasteiger partial charge on any atom is -0.444 e. The van der Waals surface area contributed by atoms with Gasteiger partial charge in [-0.25, -0.2) is 4.79 Å². The van der Waals surface area contributed by atoms with Crippen LogP contribution in [0.3, 0.4) is 0 Å². The molecule has 3 heterocycles. The Morgan fingerprint density at radius 3 is 2.71 bits per heavy atom. The predicted molar refractivity (Wildman–Crippen MR) is 76.9 cm³/mol. The molecule has 0 saturated carbocycles. The Hall–Kier alpha value is -2.11. The largest absolute Gasteiger partial charge is 0.444 e. The zero-order chi connectivity index (χ0) is 15.0. The van der Waals surface area contributed by atoms with Crippen molar-refractivity contribution in [2.45, 2.75) is 32.5 Å². The van der Waals surface area contributed by atoms with Gasteiger partial charge in [-0.1, -0.05) is 5.16 Å². The maximum atomic E-state index is 12.1. The van der Waals surface area contributed by atoms with Crippen LogP contribution in [0.5, 0.6) is 0 Å². The smallest absolute Gasteiger partial charge is 0.410 e. The van der Waals surface area contributed by atoms with Gasteiger partial charge in [0, 0.05) is 24.5 Å². The van der Waals surface area contributed by atoms with E-state index >= 15 is 0 Å². The topological polar surface area (TPSA) is 64.0 Å². The minimum atomic E-state index is -0.488. The first-order chi connectivity index (χ1) is 9.94. The summed E-state index contributed by atoms with van der Waals surface area (Å²) in [6.07, 6.45) is 3.08. The predicted octanol–water partition coefficient (Wildman–Crippen LogP) is 2.05. The number of hydrogen-bond acceptors (Lipinski definition) is 5. The summed E-state index contributed by atoms with van der Waals surface area (Å²) in [5, 5.41) is 4.17. The monoisotopic (exact) mass is 289 g/mol. The normalized spacial score (nSPS) is 24.3. The molecular weight excluding hydrogens is 270 g/mol. The van der Waals surface area contributed by atoms with Crippen molar-refractivity contribution < 1.29 is 14.4 Å². The van der Waals surface area contributed by atoms with Crippen molar-refractivity contribution in [2.24, 2.45) is 11.1 Å². The fourth-order valence-electron chi connectivity index (χ4n) is 2.60. The van der Waals surface area contributed by atoms with Crippen LogP contribution >= 0.6 is 0 Å². The van der Waals surface area contributed by atoms with Gasteiger partial charge in [-0.2, -0.15) is 0 Å². The number of nitrogens with zero attached hydrogens (tertiary/aromatic N) is 3. The number of carbonyl (C=O) groups excluding carboxylic acids is 1. The Kier molecular flexibility index (Phi) is 3.31. The molecule has 1 aromatic heterocycles. The number of likely N-dealkylation sites (tertiary alicyclic amines) is 1. The first kappa shape index (κ1) is 13.9. The van der Waals surface area contributed by atoms with E-state index in [-0.39, 0.29) is 18.1 Å². The molecule has 21 heavy (non-hydrogen) atoms. The molecule has 6 heteroatoms. The number of aromatic nitrogens is 1. The van der Waals surface area contributed by atoms with Crippen LogP contribution in [0.4, 0.5) is 4.79 Å². The third kappa shape index (κ3) is 2.84. The van der Waals surface area contributed by atoms with E-state index < -0.39 is 5.60 Å². The van der Waals surface area contributed by atoms with Crippen LogP contribution in [0.15, 0.2) is 29.7 Å². The SMILES string of the molecule is CC(C)(C)OC(=O)N1CC2ON=C(c3ccncc3)C2C1. The summed E-state index contributed by atoms with van der Waals surface area (Å²) < 4.78 is 5.41. The second-order valence-electron chi connectivity index (χ2n) is 6.35. The number of amides is 1. The highest BCUT2D eigenvalue weighted by molar-refractivity contribution is 6.03. The Morgan fingerprint density at radius 2 is 2.05 bits per heavy atom. The van der Waals surface area contributed by atoms with Crippen LogP contribution in [-0.4, -0.2) is 46.5 Å². The van der Waals surface area contributed by atoms with E-state index in [2.05, 4.69) is 10.1 Å². The summed E-state index contributed by atoms with van der Waals surface area (Å²) in [5.74, 6) is 0.0971. The van der Waals surface area contributed by atoms with E-state index in [1.165, 1.54) is 0 Å².